The van der Waals surface area contributed by atoms with Crippen molar-refractivity contribution in [2.45, 2.75) is 75.4 Å². The smallest absolute Gasteiger partial charge is 0.143 e. The predicted octanol–water partition coefficient (Wildman–Crippen LogP) is 4.37. The van der Waals surface area contributed by atoms with Crippen LogP contribution in [0, 0.1) is 23.7 Å². The first kappa shape index (κ1) is 21.9. The quantitative estimate of drug-likeness (QED) is 0.684. The van der Waals surface area contributed by atoms with Crippen LogP contribution in [-0.2, 0) is 9.59 Å². The van der Waals surface area contributed by atoms with Gasteiger partial charge < -0.3 is 0 Å². The number of nitrogens with zero attached hydrogens (tertiary/aromatic N) is 1. The summed E-state index contributed by atoms with van der Waals surface area (Å²) >= 11 is 0. The normalized spacial score (nSPS) is 41.0. The highest BCUT2D eigenvalue weighted by atomic mass is 16.1. The van der Waals surface area contributed by atoms with Gasteiger partial charge in [-0.1, -0.05) is 67.1 Å². The zero-order valence-electron chi connectivity index (χ0n) is 20.2. The van der Waals surface area contributed by atoms with Crippen molar-refractivity contribution in [3.8, 4) is 0 Å². The monoisotopic (exact) mass is 469 g/mol. The van der Waals surface area contributed by atoms with Crippen LogP contribution in [0.5, 0.6) is 0 Å². The van der Waals surface area contributed by atoms with Crippen molar-refractivity contribution in [1.82, 2.24) is 15.5 Å². The molecule has 4 aliphatic heterocycles. The summed E-state index contributed by atoms with van der Waals surface area (Å²) in [6.07, 6.45) is 6.69. The van der Waals surface area contributed by atoms with Crippen molar-refractivity contribution in [2.75, 3.05) is 0 Å². The van der Waals surface area contributed by atoms with Gasteiger partial charge in [0.2, 0.25) is 0 Å². The molecule has 1 saturated carbocycles. The Morgan fingerprint density at radius 1 is 0.571 bits per heavy atom. The van der Waals surface area contributed by atoms with Crippen LogP contribution in [0.3, 0.4) is 0 Å². The largest absolute Gasteiger partial charge is 0.299 e. The van der Waals surface area contributed by atoms with Crippen molar-refractivity contribution in [3.05, 3.63) is 71.8 Å². The highest BCUT2D eigenvalue weighted by Crippen LogP contribution is 2.51. The van der Waals surface area contributed by atoms with Gasteiger partial charge in [0.15, 0.2) is 0 Å². The number of fused-ring (bicyclic) bond motifs is 4. The van der Waals surface area contributed by atoms with E-state index in [2.05, 4.69) is 76.2 Å². The van der Waals surface area contributed by atoms with Crippen molar-refractivity contribution in [3.63, 3.8) is 0 Å². The van der Waals surface area contributed by atoms with Gasteiger partial charge in [0.1, 0.15) is 11.6 Å². The first-order chi connectivity index (χ1) is 17.2. The first-order valence-corrected chi connectivity index (χ1v) is 13.7. The minimum absolute atomic E-state index is 0.00822. The molecular weight excluding hydrogens is 434 g/mol. The summed E-state index contributed by atoms with van der Waals surface area (Å²) in [6.45, 7) is 0. The van der Waals surface area contributed by atoms with E-state index < -0.39 is 0 Å². The van der Waals surface area contributed by atoms with Gasteiger partial charge >= 0.3 is 0 Å². The Bertz CT molecular complexity index is 1020. The van der Waals surface area contributed by atoms with Crippen LogP contribution in [0.2, 0.25) is 0 Å². The molecule has 5 fully saturated rings. The molecule has 0 bridgehead atoms. The van der Waals surface area contributed by atoms with E-state index in [-0.39, 0.29) is 54.1 Å². The average molecular weight is 470 g/mol. The van der Waals surface area contributed by atoms with E-state index in [1.165, 1.54) is 11.1 Å². The Balaban J connectivity index is 1.27. The van der Waals surface area contributed by atoms with Gasteiger partial charge in [0.05, 0.1) is 12.3 Å². The average Bonchev–Trinajstić information content (AvgIpc) is 2.93. The number of nitrogens with one attached hydrogen (secondary N) is 2. The van der Waals surface area contributed by atoms with Crippen LogP contribution in [0.1, 0.15) is 68.2 Å². The molecule has 8 unspecified atom stereocenters. The molecule has 5 nitrogen and oxygen atoms in total. The number of piperidine rings is 4. The number of carbonyl (C=O) groups excluding carboxylic acids is 2. The third-order valence-electron chi connectivity index (χ3n) is 9.75. The standard InChI is InChI=1S/C30H35N3O2/c34-27-20-12-7-13-21-26(20)33(29-22(27)14-16-24(31-29)18-8-3-1-4-9-18)30-23(28(21)35)15-17-25(32-30)19-10-5-2-6-11-19/h1-6,8-11,20-26,29-32H,7,12-17H2. The van der Waals surface area contributed by atoms with Crippen molar-refractivity contribution < 1.29 is 9.59 Å². The van der Waals surface area contributed by atoms with Crippen molar-refractivity contribution in [1.29, 1.82) is 0 Å². The Morgan fingerprint density at radius 2 is 1.03 bits per heavy atom. The first-order valence-electron chi connectivity index (χ1n) is 13.7. The van der Waals surface area contributed by atoms with Crippen LogP contribution in [0.4, 0.5) is 0 Å². The van der Waals surface area contributed by atoms with Gasteiger partial charge in [-0.05, 0) is 49.7 Å². The lowest BCUT2D eigenvalue weighted by atomic mass is 9.60. The Hall–Kier alpha value is -2.34. The van der Waals surface area contributed by atoms with Crippen LogP contribution < -0.4 is 10.6 Å². The lowest BCUT2D eigenvalue weighted by Crippen LogP contribution is -2.78. The Labute approximate surface area is 207 Å². The maximum absolute atomic E-state index is 13.8. The summed E-state index contributed by atoms with van der Waals surface area (Å²) in [5, 5.41) is 7.89. The highest BCUT2D eigenvalue weighted by Gasteiger charge is 2.61. The SMILES string of the molecule is O=C1C2CCC(c3ccccc3)NC2N2C3NC(c4ccccc4)CCC3C(=O)C3CCCC1C32. The van der Waals surface area contributed by atoms with Crippen molar-refractivity contribution in [2.24, 2.45) is 23.7 Å². The molecule has 5 heteroatoms. The Kier molecular flexibility index (Phi) is 5.41. The van der Waals surface area contributed by atoms with Crippen LogP contribution >= 0.6 is 0 Å². The molecule has 4 saturated heterocycles. The summed E-state index contributed by atoms with van der Waals surface area (Å²) in [5.74, 6) is 0.886. The maximum Gasteiger partial charge on any atom is 0.143 e. The molecular formula is C30H35N3O2. The molecule has 5 aliphatic rings. The van der Waals surface area contributed by atoms with E-state index in [9.17, 15) is 9.59 Å². The number of carbonyl (C=O) groups is 2. The molecule has 4 heterocycles. The fraction of sp³-hybridized carbons (Fsp3) is 0.533. The number of hydrogen-bond acceptors (Lipinski definition) is 5. The number of hydrogen-bond donors (Lipinski definition) is 2. The van der Waals surface area contributed by atoms with E-state index in [4.69, 9.17) is 0 Å². The number of benzene rings is 2. The molecule has 8 atom stereocenters. The van der Waals surface area contributed by atoms with E-state index in [0.29, 0.717) is 11.6 Å². The molecule has 2 aromatic rings. The number of rotatable bonds is 2. The lowest BCUT2D eigenvalue weighted by Gasteiger charge is -2.63. The molecule has 2 aromatic carbocycles. The molecule has 182 valence electrons. The zero-order valence-corrected chi connectivity index (χ0v) is 20.2. The second kappa shape index (κ2) is 8.65. The fourth-order valence-corrected chi connectivity index (χ4v) is 8.21. The van der Waals surface area contributed by atoms with E-state index in [0.717, 1.165) is 44.9 Å². The highest BCUT2D eigenvalue weighted by molar-refractivity contribution is 5.91. The molecule has 0 radical (unpaired) electrons. The summed E-state index contributed by atoms with van der Waals surface area (Å²) < 4.78 is 0. The third kappa shape index (κ3) is 3.46. The molecule has 1 aliphatic carbocycles. The summed E-state index contributed by atoms with van der Waals surface area (Å²) in [5.41, 5.74) is 2.59. The minimum Gasteiger partial charge on any atom is -0.299 e. The van der Waals surface area contributed by atoms with Crippen molar-refractivity contribution >= 4 is 11.6 Å². The maximum atomic E-state index is 13.8. The van der Waals surface area contributed by atoms with Gasteiger partial charge in [-0.25, -0.2) is 0 Å². The number of ketones is 2. The molecule has 0 amide bonds. The van der Waals surface area contributed by atoms with Crippen LogP contribution in [-0.4, -0.2) is 34.8 Å². The zero-order chi connectivity index (χ0) is 23.5. The molecule has 0 spiro atoms. The second-order valence-electron chi connectivity index (χ2n) is 11.4. The third-order valence-corrected chi connectivity index (χ3v) is 9.75. The van der Waals surface area contributed by atoms with Gasteiger partial charge in [0, 0.05) is 41.8 Å². The second-order valence-corrected chi connectivity index (χ2v) is 11.4. The van der Waals surface area contributed by atoms with E-state index >= 15 is 0 Å². The van der Waals surface area contributed by atoms with E-state index in [1.54, 1.807) is 0 Å². The lowest BCUT2D eigenvalue weighted by molar-refractivity contribution is -0.180. The van der Waals surface area contributed by atoms with Crippen LogP contribution in [0.25, 0.3) is 0 Å². The van der Waals surface area contributed by atoms with Crippen LogP contribution in [0.15, 0.2) is 60.7 Å². The summed E-state index contributed by atoms with van der Waals surface area (Å²) in [6, 6.07) is 21.8. The van der Waals surface area contributed by atoms with Gasteiger partial charge in [-0.3, -0.25) is 25.1 Å². The van der Waals surface area contributed by atoms with Gasteiger partial charge in [-0.2, -0.15) is 0 Å². The minimum atomic E-state index is -0.00840. The number of Topliss-reactive ketones (excluding diaryl/α,β-unsaturated/α-hetero) is 2. The van der Waals surface area contributed by atoms with E-state index in [1.807, 2.05) is 0 Å². The summed E-state index contributed by atoms with van der Waals surface area (Å²) in [4.78, 5) is 30.3. The summed E-state index contributed by atoms with van der Waals surface area (Å²) in [7, 11) is 0. The predicted molar refractivity (Wildman–Crippen MR) is 134 cm³/mol. The van der Waals surface area contributed by atoms with Gasteiger partial charge in [0.25, 0.3) is 0 Å². The Morgan fingerprint density at radius 3 is 1.49 bits per heavy atom. The molecule has 7 rings (SSSR count). The fourth-order valence-electron chi connectivity index (χ4n) is 8.21. The molecule has 2 N–H and O–H groups in total. The van der Waals surface area contributed by atoms with Gasteiger partial charge in [-0.15, -0.1) is 0 Å². The molecule has 0 aromatic heterocycles. The molecule has 35 heavy (non-hydrogen) atoms. The topological polar surface area (TPSA) is 61.4 Å².